The lowest BCUT2D eigenvalue weighted by Gasteiger charge is -2.57. The van der Waals surface area contributed by atoms with Crippen LogP contribution in [0.3, 0.4) is 0 Å². The molecule has 0 radical (unpaired) electrons. The lowest BCUT2D eigenvalue weighted by molar-refractivity contribution is -0.118. The van der Waals surface area contributed by atoms with Crippen molar-refractivity contribution in [1.29, 1.82) is 0 Å². The Balaban J connectivity index is 1.23. The van der Waals surface area contributed by atoms with Crippen molar-refractivity contribution in [3.63, 3.8) is 0 Å². The molecule has 0 spiro atoms. The SMILES string of the molecule is O=C(CCC12CC3CC(CC(C3)C1)C2)Nc1ccc2[nH]ncc2c1. The Kier molecular flexibility index (Phi) is 3.22. The zero-order chi connectivity index (χ0) is 16.1. The number of hydrogen-bond acceptors (Lipinski definition) is 2. The normalized spacial score (nSPS) is 33.9. The topological polar surface area (TPSA) is 57.8 Å². The van der Waals surface area contributed by atoms with Crippen LogP contribution in [0.4, 0.5) is 5.69 Å². The zero-order valence-electron chi connectivity index (χ0n) is 14.1. The van der Waals surface area contributed by atoms with E-state index in [0.717, 1.165) is 40.8 Å². The third-order valence-electron chi connectivity index (χ3n) is 6.77. The fourth-order valence-electron chi connectivity index (χ4n) is 6.22. The molecule has 4 bridgehead atoms. The van der Waals surface area contributed by atoms with Crippen molar-refractivity contribution in [3.8, 4) is 0 Å². The first-order valence-corrected chi connectivity index (χ1v) is 9.40. The summed E-state index contributed by atoms with van der Waals surface area (Å²) in [5.74, 6) is 3.04. The van der Waals surface area contributed by atoms with Crippen molar-refractivity contribution in [2.45, 2.75) is 51.4 Å². The molecule has 6 rings (SSSR count). The van der Waals surface area contributed by atoms with E-state index in [1.165, 1.54) is 38.5 Å². The number of hydrogen-bond donors (Lipinski definition) is 2. The van der Waals surface area contributed by atoms with Crippen LogP contribution in [0, 0.1) is 23.2 Å². The predicted octanol–water partition coefficient (Wildman–Crippen LogP) is 4.50. The van der Waals surface area contributed by atoms with E-state index in [1.807, 2.05) is 18.2 Å². The minimum atomic E-state index is 0.161. The Morgan fingerprint density at radius 1 is 1.17 bits per heavy atom. The molecule has 4 heteroatoms. The summed E-state index contributed by atoms with van der Waals surface area (Å²) in [5.41, 5.74) is 2.36. The molecule has 4 nitrogen and oxygen atoms in total. The number of anilines is 1. The summed E-state index contributed by atoms with van der Waals surface area (Å²) in [7, 11) is 0. The van der Waals surface area contributed by atoms with Gasteiger partial charge in [-0.3, -0.25) is 9.89 Å². The van der Waals surface area contributed by atoms with Gasteiger partial charge in [-0.25, -0.2) is 0 Å². The Hall–Kier alpha value is -1.84. The van der Waals surface area contributed by atoms with Crippen molar-refractivity contribution in [1.82, 2.24) is 10.2 Å². The van der Waals surface area contributed by atoms with Gasteiger partial charge < -0.3 is 5.32 Å². The molecule has 1 heterocycles. The molecule has 24 heavy (non-hydrogen) atoms. The van der Waals surface area contributed by atoms with Crippen LogP contribution in [0.5, 0.6) is 0 Å². The van der Waals surface area contributed by atoms with Gasteiger partial charge in [-0.1, -0.05) is 0 Å². The van der Waals surface area contributed by atoms with Gasteiger partial charge in [0.05, 0.1) is 11.7 Å². The number of H-pyrrole nitrogens is 1. The lowest BCUT2D eigenvalue weighted by atomic mass is 9.48. The Morgan fingerprint density at radius 3 is 2.58 bits per heavy atom. The average Bonchev–Trinajstić information content (AvgIpc) is 2.99. The molecule has 1 aromatic heterocycles. The second-order valence-corrected chi connectivity index (χ2v) is 8.64. The highest BCUT2D eigenvalue weighted by molar-refractivity contribution is 5.93. The average molecular weight is 323 g/mol. The number of carbonyl (C=O) groups is 1. The van der Waals surface area contributed by atoms with E-state index in [2.05, 4.69) is 15.5 Å². The maximum atomic E-state index is 12.4. The van der Waals surface area contributed by atoms with Crippen LogP contribution >= 0.6 is 0 Å². The fraction of sp³-hybridized carbons (Fsp3) is 0.600. The molecule has 4 aliphatic rings. The minimum absolute atomic E-state index is 0.161. The van der Waals surface area contributed by atoms with Gasteiger partial charge >= 0.3 is 0 Å². The fourth-order valence-corrected chi connectivity index (χ4v) is 6.22. The maximum Gasteiger partial charge on any atom is 0.224 e. The van der Waals surface area contributed by atoms with E-state index in [1.54, 1.807) is 6.20 Å². The van der Waals surface area contributed by atoms with Crippen LogP contribution < -0.4 is 5.32 Å². The van der Waals surface area contributed by atoms with E-state index in [-0.39, 0.29) is 5.91 Å². The number of benzene rings is 1. The van der Waals surface area contributed by atoms with Gasteiger partial charge in [0, 0.05) is 17.5 Å². The quantitative estimate of drug-likeness (QED) is 0.870. The summed E-state index contributed by atoms with van der Waals surface area (Å²) in [6.07, 6.45) is 12.1. The standard InChI is InChI=1S/C20H25N3O/c24-19(22-17-1-2-18-16(8-17)12-21-23-18)3-4-20-9-13-5-14(10-20)7-15(6-13)11-20/h1-2,8,12-15H,3-7,9-11H2,(H,21,23)(H,22,24). The highest BCUT2D eigenvalue weighted by Gasteiger charge is 2.50. The van der Waals surface area contributed by atoms with Crippen molar-refractivity contribution < 1.29 is 4.79 Å². The molecule has 4 aliphatic carbocycles. The molecular formula is C20H25N3O. The number of nitrogens with one attached hydrogen (secondary N) is 2. The Bertz CT molecular complexity index is 743. The van der Waals surface area contributed by atoms with Crippen LogP contribution in [0.25, 0.3) is 10.9 Å². The first-order chi connectivity index (χ1) is 11.7. The van der Waals surface area contributed by atoms with Crippen LogP contribution in [0.15, 0.2) is 24.4 Å². The van der Waals surface area contributed by atoms with Gasteiger partial charge in [0.1, 0.15) is 0 Å². The first-order valence-electron chi connectivity index (χ1n) is 9.40. The number of aromatic amines is 1. The molecule has 1 amide bonds. The summed E-state index contributed by atoms with van der Waals surface area (Å²) < 4.78 is 0. The monoisotopic (exact) mass is 323 g/mol. The van der Waals surface area contributed by atoms with Crippen molar-refractivity contribution in [2.75, 3.05) is 5.32 Å². The number of fused-ring (bicyclic) bond motifs is 1. The summed E-state index contributed by atoms with van der Waals surface area (Å²) in [6.45, 7) is 0. The molecule has 0 atom stereocenters. The van der Waals surface area contributed by atoms with Gasteiger partial charge in [-0.15, -0.1) is 0 Å². The number of amides is 1. The summed E-state index contributed by atoms with van der Waals surface area (Å²) in [5, 5.41) is 11.1. The van der Waals surface area contributed by atoms with E-state index in [4.69, 9.17) is 0 Å². The molecule has 0 saturated heterocycles. The first kappa shape index (κ1) is 14.5. The molecule has 4 fully saturated rings. The number of rotatable bonds is 4. The Morgan fingerprint density at radius 2 is 1.88 bits per heavy atom. The van der Waals surface area contributed by atoms with Crippen LogP contribution in [-0.4, -0.2) is 16.1 Å². The second-order valence-electron chi connectivity index (χ2n) is 8.64. The molecule has 2 aromatic rings. The smallest absolute Gasteiger partial charge is 0.224 e. The molecule has 1 aromatic carbocycles. The number of nitrogens with zero attached hydrogens (tertiary/aromatic N) is 1. The molecule has 0 aliphatic heterocycles. The van der Waals surface area contributed by atoms with Crippen LogP contribution in [0.2, 0.25) is 0 Å². The Labute approximate surface area is 142 Å². The van der Waals surface area contributed by atoms with Gasteiger partial charge in [-0.05, 0) is 86.3 Å². The summed E-state index contributed by atoms with van der Waals surface area (Å²) >= 11 is 0. The van der Waals surface area contributed by atoms with Gasteiger partial charge in [0.15, 0.2) is 0 Å². The van der Waals surface area contributed by atoms with E-state index in [9.17, 15) is 4.79 Å². The molecule has 0 unspecified atom stereocenters. The number of carbonyl (C=O) groups excluding carboxylic acids is 1. The molecular weight excluding hydrogens is 298 g/mol. The third kappa shape index (κ3) is 2.52. The van der Waals surface area contributed by atoms with Gasteiger partial charge in [0.25, 0.3) is 0 Å². The van der Waals surface area contributed by atoms with E-state index < -0.39 is 0 Å². The molecule has 126 valence electrons. The predicted molar refractivity (Wildman–Crippen MR) is 94.6 cm³/mol. The lowest BCUT2D eigenvalue weighted by Crippen LogP contribution is -2.46. The van der Waals surface area contributed by atoms with Crippen LogP contribution in [-0.2, 0) is 4.79 Å². The number of aromatic nitrogens is 2. The highest BCUT2D eigenvalue weighted by atomic mass is 16.1. The van der Waals surface area contributed by atoms with Gasteiger partial charge in [0.2, 0.25) is 5.91 Å². The highest BCUT2D eigenvalue weighted by Crippen LogP contribution is 2.61. The van der Waals surface area contributed by atoms with Crippen LogP contribution in [0.1, 0.15) is 51.4 Å². The molecule has 4 saturated carbocycles. The van der Waals surface area contributed by atoms with E-state index >= 15 is 0 Å². The zero-order valence-corrected chi connectivity index (χ0v) is 14.1. The van der Waals surface area contributed by atoms with Crippen molar-refractivity contribution in [3.05, 3.63) is 24.4 Å². The third-order valence-corrected chi connectivity index (χ3v) is 6.77. The van der Waals surface area contributed by atoms with Crippen molar-refractivity contribution in [2.24, 2.45) is 23.2 Å². The maximum absolute atomic E-state index is 12.4. The largest absolute Gasteiger partial charge is 0.326 e. The summed E-state index contributed by atoms with van der Waals surface area (Å²) in [6, 6.07) is 5.90. The summed E-state index contributed by atoms with van der Waals surface area (Å²) in [4.78, 5) is 12.4. The van der Waals surface area contributed by atoms with Gasteiger partial charge in [-0.2, -0.15) is 5.10 Å². The van der Waals surface area contributed by atoms with Crippen molar-refractivity contribution >= 4 is 22.5 Å². The minimum Gasteiger partial charge on any atom is -0.326 e. The second kappa shape index (κ2) is 5.33. The van der Waals surface area contributed by atoms with E-state index in [0.29, 0.717) is 11.8 Å². The molecule has 2 N–H and O–H groups in total.